The number of thioether (sulfide) groups is 1. The average molecular weight is 391 g/mol. The second-order valence-corrected chi connectivity index (χ2v) is 6.98. The number of pyridine rings is 1. The van der Waals surface area contributed by atoms with E-state index < -0.39 is 11.7 Å². The first-order valence-corrected chi connectivity index (χ1v) is 8.74. The Bertz CT molecular complexity index is 1070. The molecule has 11 heteroatoms. The number of alkyl halides is 3. The Morgan fingerprint density at radius 1 is 1.00 bits per heavy atom. The molecular formula is C16H12F3N7S. The van der Waals surface area contributed by atoms with E-state index >= 15 is 0 Å². The van der Waals surface area contributed by atoms with Gasteiger partial charge in [0.15, 0.2) is 16.6 Å². The Morgan fingerprint density at radius 3 is 2.52 bits per heavy atom. The molecule has 0 amide bonds. The summed E-state index contributed by atoms with van der Waals surface area (Å²) < 4.78 is 41.9. The van der Waals surface area contributed by atoms with Crippen molar-refractivity contribution in [3.05, 3.63) is 60.0 Å². The van der Waals surface area contributed by atoms with Gasteiger partial charge in [0.2, 0.25) is 0 Å². The molecule has 7 nitrogen and oxygen atoms in total. The molecule has 0 N–H and O–H groups in total. The molecule has 1 aromatic carbocycles. The minimum absolute atomic E-state index is 0.276. The number of fused-ring (bicyclic) bond motifs is 1. The van der Waals surface area contributed by atoms with Gasteiger partial charge in [-0.15, -0.1) is 15.3 Å². The van der Waals surface area contributed by atoms with E-state index in [9.17, 15) is 13.2 Å². The molecule has 4 aromatic rings. The number of tetrazole rings is 1. The molecule has 0 aliphatic heterocycles. The van der Waals surface area contributed by atoms with E-state index in [4.69, 9.17) is 0 Å². The molecule has 3 heterocycles. The number of aromatic nitrogens is 7. The quantitative estimate of drug-likeness (QED) is 0.495. The zero-order chi connectivity index (χ0) is 19.0. The zero-order valence-corrected chi connectivity index (χ0v) is 14.7. The van der Waals surface area contributed by atoms with Crippen molar-refractivity contribution in [1.29, 1.82) is 0 Å². The van der Waals surface area contributed by atoms with Crippen LogP contribution in [0.5, 0.6) is 0 Å². The lowest BCUT2D eigenvalue weighted by Crippen LogP contribution is -2.07. The van der Waals surface area contributed by atoms with E-state index in [2.05, 4.69) is 25.7 Å². The highest BCUT2D eigenvalue weighted by Gasteiger charge is 2.31. The first-order valence-electron chi connectivity index (χ1n) is 7.86. The molecule has 0 aliphatic carbocycles. The van der Waals surface area contributed by atoms with E-state index in [1.807, 2.05) is 37.3 Å². The second kappa shape index (κ2) is 6.65. The Balaban J connectivity index is 1.66. The summed E-state index contributed by atoms with van der Waals surface area (Å²) >= 11 is 1.22. The van der Waals surface area contributed by atoms with Crippen LogP contribution in [0.2, 0.25) is 0 Å². The van der Waals surface area contributed by atoms with Crippen molar-refractivity contribution >= 4 is 17.4 Å². The summed E-state index contributed by atoms with van der Waals surface area (Å²) in [6.07, 6.45) is -3.45. The van der Waals surface area contributed by atoms with Gasteiger partial charge in [-0.1, -0.05) is 30.0 Å². The molecule has 0 aliphatic rings. The van der Waals surface area contributed by atoms with Crippen LogP contribution in [0.1, 0.15) is 23.6 Å². The molecule has 0 unspecified atom stereocenters. The summed E-state index contributed by atoms with van der Waals surface area (Å²) in [6, 6.07) is 11.6. The number of para-hydroxylation sites is 1. The van der Waals surface area contributed by atoms with E-state index in [0.717, 1.165) is 18.0 Å². The fraction of sp³-hybridized carbons (Fsp3) is 0.188. The standard InChI is InChI=1S/C16H12F3N7S/c1-10(14-21-23-24-26(14)12-5-3-2-4-6-12)27-15-22-20-13-8-7-11(9-25(13)15)16(17,18)19/h2-10H,1H3/t10-/m0/s1. The fourth-order valence-corrected chi connectivity index (χ4v) is 3.45. The predicted octanol–water partition coefficient (Wildman–Crippen LogP) is 3.58. The summed E-state index contributed by atoms with van der Waals surface area (Å²) in [4.78, 5) is 0. The van der Waals surface area contributed by atoms with Crippen LogP contribution in [-0.4, -0.2) is 34.8 Å². The van der Waals surface area contributed by atoms with Crippen LogP contribution in [0.15, 0.2) is 53.8 Å². The summed E-state index contributed by atoms with van der Waals surface area (Å²) in [5, 5.41) is 19.7. The van der Waals surface area contributed by atoms with Crippen molar-refractivity contribution < 1.29 is 13.2 Å². The van der Waals surface area contributed by atoms with Crippen LogP contribution in [0.3, 0.4) is 0 Å². The molecule has 0 fully saturated rings. The number of nitrogens with zero attached hydrogens (tertiary/aromatic N) is 7. The van der Waals surface area contributed by atoms with Gasteiger partial charge in [0.1, 0.15) is 0 Å². The van der Waals surface area contributed by atoms with E-state index in [1.54, 1.807) is 4.68 Å². The lowest BCUT2D eigenvalue weighted by molar-refractivity contribution is -0.137. The van der Waals surface area contributed by atoms with Crippen LogP contribution in [0.4, 0.5) is 13.2 Å². The highest BCUT2D eigenvalue weighted by Crippen LogP contribution is 2.35. The van der Waals surface area contributed by atoms with Gasteiger partial charge in [-0.3, -0.25) is 4.40 Å². The van der Waals surface area contributed by atoms with E-state index in [0.29, 0.717) is 16.6 Å². The van der Waals surface area contributed by atoms with Gasteiger partial charge in [0.05, 0.1) is 16.5 Å². The van der Waals surface area contributed by atoms with Crippen molar-refractivity contribution in [3.63, 3.8) is 0 Å². The van der Waals surface area contributed by atoms with Crippen molar-refractivity contribution in [2.45, 2.75) is 23.5 Å². The highest BCUT2D eigenvalue weighted by molar-refractivity contribution is 7.99. The number of hydrogen-bond donors (Lipinski definition) is 0. The molecule has 3 aromatic heterocycles. The minimum atomic E-state index is -4.44. The Kier molecular flexibility index (Phi) is 4.30. The van der Waals surface area contributed by atoms with Crippen molar-refractivity contribution in [3.8, 4) is 5.69 Å². The Labute approximate surface area is 155 Å². The summed E-state index contributed by atoms with van der Waals surface area (Å²) in [7, 11) is 0. The first-order chi connectivity index (χ1) is 12.9. The molecular weight excluding hydrogens is 379 g/mol. The third-order valence-electron chi connectivity index (χ3n) is 3.84. The van der Waals surface area contributed by atoms with Gasteiger partial charge >= 0.3 is 6.18 Å². The van der Waals surface area contributed by atoms with Crippen molar-refractivity contribution in [1.82, 2.24) is 34.8 Å². The molecule has 138 valence electrons. The molecule has 27 heavy (non-hydrogen) atoms. The number of halogens is 3. The van der Waals surface area contributed by atoms with Crippen LogP contribution < -0.4 is 0 Å². The van der Waals surface area contributed by atoms with E-state index in [1.165, 1.54) is 22.2 Å². The predicted molar refractivity (Wildman–Crippen MR) is 91.4 cm³/mol. The maximum atomic E-state index is 13.0. The molecule has 1 atom stereocenters. The van der Waals surface area contributed by atoms with Gasteiger partial charge in [-0.25, -0.2) is 0 Å². The Morgan fingerprint density at radius 2 is 1.78 bits per heavy atom. The lowest BCUT2D eigenvalue weighted by atomic mass is 10.3. The van der Waals surface area contributed by atoms with Gasteiger partial charge in [-0.05, 0) is 41.6 Å². The highest BCUT2D eigenvalue weighted by atomic mass is 32.2. The first kappa shape index (κ1) is 17.5. The SMILES string of the molecule is C[C@H](Sc1nnc2ccc(C(F)(F)F)cn12)c1nnnn1-c1ccccc1. The van der Waals surface area contributed by atoms with E-state index in [-0.39, 0.29) is 5.25 Å². The number of benzene rings is 1. The maximum absolute atomic E-state index is 13.0. The van der Waals surface area contributed by atoms with Gasteiger partial charge in [0.25, 0.3) is 0 Å². The normalized spacial score (nSPS) is 13.2. The van der Waals surface area contributed by atoms with Crippen LogP contribution in [-0.2, 0) is 6.18 Å². The smallest absolute Gasteiger partial charge is 0.277 e. The summed E-state index contributed by atoms with van der Waals surface area (Å²) in [5.41, 5.74) is 0.356. The second-order valence-electron chi connectivity index (χ2n) is 5.67. The van der Waals surface area contributed by atoms with Crippen molar-refractivity contribution in [2.75, 3.05) is 0 Å². The van der Waals surface area contributed by atoms with Crippen LogP contribution in [0, 0.1) is 0 Å². The minimum Gasteiger partial charge on any atom is -0.277 e. The topological polar surface area (TPSA) is 73.8 Å². The third kappa shape index (κ3) is 3.37. The zero-order valence-electron chi connectivity index (χ0n) is 13.9. The van der Waals surface area contributed by atoms with Gasteiger partial charge in [0, 0.05) is 6.20 Å². The fourth-order valence-electron chi connectivity index (χ4n) is 2.53. The molecule has 0 saturated carbocycles. The summed E-state index contributed by atoms with van der Waals surface area (Å²) in [5.74, 6) is 0.551. The largest absolute Gasteiger partial charge is 0.417 e. The van der Waals surface area contributed by atoms with Crippen LogP contribution >= 0.6 is 11.8 Å². The van der Waals surface area contributed by atoms with Gasteiger partial charge < -0.3 is 0 Å². The third-order valence-corrected chi connectivity index (χ3v) is 4.89. The molecule has 0 spiro atoms. The average Bonchev–Trinajstić information content (AvgIpc) is 3.29. The molecule has 0 saturated heterocycles. The molecule has 0 bridgehead atoms. The maximum Gasteiger partial charge on any atom is 0.417 e. The van der Waals surface area contributed by atoms with Crippen molar-refractivity contribution in [2.24, 2.45) is 0 Å². The lowest BCUT2D eigenvalue weighted by Gasteiger charge is -2.11. The monoisotopic (exact) mass is 391 g/mol. The van der Waals surface area contributed by atoms with Crippen LogP contribution in [0.25, 0.3) is 11.3 Å². The Hall–Kier alpha value is -2.95. The number of rotatable bonds is 4. The molecule has 4 rings (SSSR count). The van der Waals surface area contributed by atoms with Gasteiger partial charge in [-0.2, -0.15) is 17.9 Å². The number of hydrogen-bond acceptors (Lipinski definition) is 6. The summed E-state index contributed by atoms with van der Waals surface area (Å²) in [6.45, 7) is 1.85. The molecule has 0 radical (unpaired) electrons.